The molecule has 1 aliphatic rings. The average molecular weight is 305 g/mol. The van der Waals surface area contributed by atoms with E-state index < -0.39 is 29.1 Å². The van der Waals surface area contributed by atoms with E-state index in [9.17, 15) is 27.5 Å². The molecular formula is C14H15F4NO2. The second kappa shape index (κ2) is 5.63. The number of hydrogen-bond donors (Lipinski definition) is 2. The zero-order chi connectivity index (χ0) is 15.7. The highest BCUT2D eigenvalue weighted by molar-refractivity contribution is 5.85. The molecule has 1 aromatic rings. The average Bonchev–Trinajstić information content (AvgIpc) is 2.39. The molecule has 1 amide bonds. The number of amides is 1. The molecule has 0 radical (unpaired) electrons. The third kappa shape index (κ3) is 3.02. The number of alkyl halides is 2. The van der Waals surface area contributed by atoms with E-state index in [-0.39, 0.29) is 31.4 Å². The van der Waals surface area contributed by atoms with Crippen molar-refractivity contribution in [1.29, 1.82) is 0 Å². The van der Waals surface area contributed by atoms with Crippen LogP contribution in [0.25, 0.3) is 0 Å². The Balaban J connectivity index is 1.91. The van der Waals surface area contributed by atoms with Gasteiger partial charge in [-0.1, -0.05) is 0 Å². The van der Waals surface area contributed by atoms with Crippen molar-refractivity contribution >= 4 is 5.91 Å². The maximum absolute atomic E-state index is 13.7. The molecule has 3 nitrogen and oxygen atoms in total. The Kier molecular flexibility index (Phi) is 4.22. The second-order valence-corrected chi connectivity index (χ2v) is 5.20. The lowest BCUT2D eigenvalue weighted by molar-refractivity contribution is -0.215. The zero-order valence-corrected chi connectivity index (χ0v) is 11.1. The fraction of sp³-hybridized carbons (Fsp3) is 0.500. The van der Waals surface area contributed by atoms with Crippen LogP contribution >= 0.6 is 0 Å². The first-order valence-corrected chi connectivity index (χ1v) is 6.59. The summed E-state index contributed by atoms with van der Waals surface area (Å²) in [5, 5.41) is 11.5. The first kappa shape index (κ1) is 15.8. The number of rotatable bonds is 5. The van der Waals surface area contributed by atoms with Gasteiger partial charge in [-0.3, -0.25) is 4.79 Å². The van der Waals surface area contributed by atoms with Crippen LogP contribution in [0, 0.1) is 11.6 Å². The van der Waals surface area contributed by atoms with Gasteiger partial charge in [-0.05, 0) is 49.4 Å². The molecule has 0 spiro atoms. The van der Waals surface area contributed by atoms with Crippen LogP contribution in [0.3, 0.4) is 0 Å². The number of carbonyl (C=O) groups excluding carboxylic acids is 1. The molecule has 1 aromatic carbocycles. The molecule has 2 rings (SSSR count). The van der Waals surface area contributed by atoms with Crippen LogP contribution in [-0.4, -0.2) is 29.1 Å². The number of halogens is 4. The van der Waals surface area contributed by atoms with Gasteiger partial charge in [0.25, 0.3) is 5.91 Å². The maximum atomic E-state index is 13.7. The highest BCUT2D eigenvalue weighted by Gasteiger charge is 2.60. The molecule has 0 unspecified atom stereocenters. The van der Waals surface area contributed by atoms with Gasteiger partial charge in [-0.15, -0.1) is 0 Å². The van der Waals surface area contributed by atoms with E-state index in [1.807, 2.05) is 5.32 Å². The summed E-state index contributed by atoms with van der Waals surface area (Å²) < 4.78 is 53.7. The van der Waals surface area contributed by atoms with Crippen molar-refractivity contribution in [1.82, 2.24) is 5.32 Å². The Hall–Kier alpha value is -1.63. The van der Waals surface area contributed by atoms with Crippen molar-refractivity contribution in [2.75, 3.05) is 6.54 Å². The topological polar surface area (TPSA) is 49.3 Å². The van der Waals surface area contributed by atoms with Gasteiger partial charge in [0.2, 0.25) is 0 Å². The van der Waals surface area contributed by atoms with E-state index in [0.717, 1.165) is 18.2 Å². The normalized spacial score (nSPS) is 17.2. The predicted octanol–water partition coefficient (Wildman–Crippen LogP) is 2.17. The molecule has 2 N–H and O–H groups in total. The maximum Gasteiger partial charge on any atom is 0.352 e. The van der Waals surface area contributed by atoms with Crippen molar-refractivity contribution in [3.8, 4) is 0 Å². The van der Waals surface area contributed by atoms with Gasteiger partial charge in [0.1, 0.15) is 17.2 Å². The van der Waals surface area contributed by atoms with Gasteiger partial charge in [0, 0.05) is 6.54 Å². The predicted molar refractivity (Wildman–Crippen MR) is 66.8 cm³/mol. The smallest absolute Gasteiger partial charge is 0.352 e. The summed E-state index contributed by atoms with van der Waals surface area (Å²) in [6.07, 6.45) is 0.0512. The first-order valence-electron chi connectivity index (χ1n) is 6.59. The van der Waals surface area contributed by atoms with Gasteiger partial charge < -0.3 is 10.4 Å². The highest BCUT2D eigenvalue weighted by atomic mass is 19.3. The molecule has 0 aromatic heterocycles. The molecule has 0 aliphatic heterocycles. The van der Waals surface area contributed by atoms with Crippen LogP contribution in [0.4, 0.5) is 17.6 Å². The standard InChI is InChI=1S/C14H15F4NO2/c15-10-2-3-11(16)9(8-10)4-7-19-12(20)14(17,18)13(21)5-1-6-13/h2-3,8,21H,1,4-7H2,(H,19,20). The van der Waals surface area contributed by atoms with E-state index in [1.54, 1.807) is 0 Å². The molecule has 1 saturated carbocycles. The highest BCUT2D eigenvalue weighted by Crippen LogP contribution is 2.44. The summed E-state index contributed by atoms with van der Waals surface area (Å²) in [7, 11) is 0. The van der Waals surface area contributed by atoms with Crippen LogP contribution in [0.2, 0.25) is 0 Å². The quantitative estimate of drug-likeness (QED) is 0.819. The second-order valence-electron chi connectivity index (χ2n) is 5.20. The molecule has 0 bridgehead atoms. The van der Waals surface area contributed by atoms with Gasteiger partial charge in [-0.2, -0.15) is 8.78 Å². The summed E-state index contributed by atoms with van der Waals surface area (Å²) in [6.45, 7) is -0.273. The molecular weight excluding hydrogens is 290 g/mol. The number of hydrogen-bond acceptors (Lipinski definition) is 2. The van der Waals surface area contributed by atoms with Crippen molar-refractivity contribution < 1.29 is 27.5 Å². The summed E-state index contributed by atoms with van der Waals surface area (Å²) in [5.41, 5.74) is -2.30. The van der Waals surface area contributed by atoms with Crippen LogP contribution < -0.4 is 5.32 Å². The number of benzene rings is 1. The van der Waals surface area contributed by atoms with Crippen molar-refractivity contribution in [3.63, 3.8) is 0 Å². The van der Waals surface area contributed by atoms with Crippen LogP contribution in [0.1, 0.15) is 24.8 Å². The van der Waals surface area contributed by atoms with Crippen molar-refractivity contribution in [2.45, 2.75) is 37.2 Å². The molecule has 1 aliphatic carbocycles. The van der Waals surface area contributed by atoms with E-state index in [4.69, 9.17) is 0 Å². The monoisotopic (exact) mass is 305 g/mol. The summed E-state index contributed by atoms with van der Waals surface area (Å²) >= 11 is 0. The molecule has 0 atom stereocenters. The van der Waals surface area contributed by atoms with E-state index >= 15 is 0 Å². The van der Waals surface area contributed by atoms with Gasteiger partial charge in [0.15, 0.2) is 0 Å². The minimum atomic E-state index is -3.88. The Labute approximate surface area is 119 Å². The lowest BCUT2D eigenvalue weighted by Gasteiger charge is -2.41. The Morgan fingerprint density at radius 1 is 1.33 bits per heavy atom. The molecule has 116 valence electrons. The largest absolute Gasteiger partial charge is 0.383 e. The van der Waals surface area contributed by atoms with Crippen molar-refractivity contribution in [2.24, 2.45) is 0 Å². The van der Waals surface area contributed by atoms with Gasteiger partial charge in [-0.25, -0.2) is 8.78 Å². The molecule has 7 heteroatoms. The van der Waals surface area contributed by atoms with Crippen LogP contribution in [0.15, 0.2) is 18.2 Å². The van der Waals surface area contributed by atoms with Crippen LogP contribution in [-0.2, 0) is 11.2 Å². The lowest BCUT2D eigenvalue weighted by atomic mass is 9.75. The number of nitrogens with one attached hydrogen (secondary N) is 1. The minimum Gasteiger partial charge on any atom is -0.383 e. The Morgan fingerprint density at radius 2 is 2.00 bits per heavy atom. The Bertz CT molecular complexity index is 544. The SMILES string of the molecule is O=C(NCCc1cc(F)ccc1F)C(F)(F)C1(O)CCC1. The zero-order valence-electron chi connectivity index (χ0n) is 11.1. The summed E-state index contributed by atoms with van der Waals surface area (Å²) in [4.78, 5) is 11.5. The summed E-state index contributed by atoms with van der Waals surface area (Å²) in [6, 6.07) is 2.81. The number of aliphatic hydroxyl groups is 1. The van der Waals surface area contributed by atoms with Gasteiger partial charge >= 0.3 is 5.92 Å². The fourth-order valence-corrected chi connectivity index (χ4v) is 2.19. The van der Waals surface area contributed by atoms with Gasteiger partial charge in [0.05, 0.1) is 0 Å². The molecule has 1 fully saturated rings. The van der Waals surface area contributed by atoms with Crippen molar-refractivity contribution in [3.05, 3.63) is 35.4 Å². The fourth-order valence-electron chi connectivity index (χ4n) is 2.19. The first-order chi connectivity index (χ1) is 9.76. The third-order valence-corrected chi connectivity index (χ3v) is 3.74. The molecule has 21 heavy (non-hydrogen) atoms. The molecule has 0 heterocycles. The van der Waals surface area contributed by atoms with E-state index in [0.29, 0.717) is 6.42 Å². The van der Waals surface area contributed by atoms with E-state index in [2.05, 4.69) is 0 Å². The van der Waals surface area contributed by atoms with Crippen LogP contribution in [0.5, 0.6) is 0 Å². The minimum absolute atomic E-state index is 0.0130. The number of carbonyl (C=O) groups is 1. The summed E-state index contributed by atoms with van der Waals surface area (Å²) in [5.74, 6) is -6.80. The lowest BCUT2D eigenvalue weighted by Crippen LogP contribution is -2.60. The third-order valence-electron chi connectivity index (χ3n) is 3.74. The Morgan fingerprint density at radius 3 is 2.57 bits per heavy atom. The van der Waals surface area contributed by atoms with E-state index in [1.165, 1.54) is 0 Å². The molecule has 0 saturated heterocycles.